The minimum Gasteiger partial charge on any atom is -0.380 e. The maximum atomic E-state index is 5.56. The minimum absolute atomic E-state index is 0.732. The van der Waals surface area contributed by atoms with Gasteiger partial charge in [0.05, 0.1) is 6.61 Å². The predicted octanol–water partition coefficient (Wildman–Crippen LogP) is 3.40. The SMILES string of the molecule is CCc1ccc(CNCCOCCC(C)C)cc1. The summed E-state index contributed by atoms with van der Waals surface area (Å²) in [6.45, 7) is 10.2. The van der Waals surface area contributed by atoms with E-state index >= 15 is 0 Å². The Hall–Kier alpha value is -0.860. The number of ether oxygens (including phenoxy) is 1. The van der Waals surface area contributed by atoms with Crippen LogP contribution in [0.4, 0.5) is 0 Å². The molecule has 1 aromatic rings. The molecule has 0 fully saturated rings. The van der Waals surface area contributed by atoms with Gasteiger partial charge in [-0.3, -0.25) is 0 Å². The number of aryl methyl sites for hydroxylation is 1. The summed E-state index contributed by atoms with van der Waals surface area (Å²) in [6, 6.07) is 8.81. The molecule has 1 N–H and O–H groups in total. The molecule has 2 nitrogen and oxygen atoms in total. The van der Waals surface area contributed by atoms with Crippen LogP contribution >= 0.6 is 0 Å². The zero-order chi connectivity index (χ0) is 13.2. The second-order valence-corrected chi connectivity index (χ2v) is 5.14. The van der Waals surface area contributed by atoms with Crippen LogP contribution < -0.4 is 5.32 Å². The zero-order valence-corrected chi connectivity index (χ0v) is 12.0. The molecular formula is C16H27NO. The van der Waals surface area contributed by atoms with Crippen molar-refractivity contribution in [1.29, 1.82) is 0 Å². The lowest BCUT2D eigenvalue weighted by atomic mass is 10.1. The predicted molar refractivity (Wildman–Crippen MR) is 77.8 cm³/mol. The summed E-state index contributed by atoms with van der Waals surface area (Å²) in [5.74, 6) is 0.732. The Bertz CT molecular complexity index is 305. The molecule has 0 unspecified atom stereocenters. The highest BCUT2D eigenvalue weighted by Crippen LogP contribution is 2.04. The van der Waals surface area contributed by atoms with Crippen LogP contribution in [0.2, 0.25) is 0 Å². The fraction of sp³-hybridized carbons (Fsp3) is 0.625. The molecule has 0 aromatic heterocycles. The van der Waals surface area contributed by atoms with Crippen LogP contribution in [0, 0.1) is 5.92 Å². The molecule has 18 heavy (non-hydrogen) atoms. The van der Waals surface area contributed by atoms with Crippen LogP contribution in [0.5, 0.6) is 0 Å². The van der Waals surface area contributed by atoms with Gasteiger partial charge in [-0.25, -0.2) is 0 Å². The van der Waals surface area contributed by atoms with E-state index in [0.29, 0.717) is 0 Å². The Labute approximate surface area is 112 Å². The molecule has 1 aromatic carbocycles. The van der Waals surface area contributed by atoms with Gasteiger partial charge in [0.25, 0.3) is 0 Å². The Balaban J connectivity index is 2.03. The summed E-state index contributed by atoms with van der Waals surface area (Å²) >= 11 is 0. The van der Waals surface area contributed by atoms with Crippen LogP contribution in [-0.4, -0.2) is 19.8 Å². The lowest BCUT2D eigenvalue weighted by Gasteiger charge is -2.08. The van der Waals surface area contributed by atoms with Gasteiger partial charge in [-0.15, -0.1) is 0 Å². The summed E-state index contributed by atoms with van der Waals surface area (Å²) in [6.07, 6.45) is 2.26. The highest BCUT2D eigenvalue weighted by atomic mass is 16.5. The number of benzene rings is 1. The average molecular weight is 249 g/mol. The first-order chi connectivity index (χ1) is 8.72. The van der Waals surface area contributed by atoms with E-state index in [0.717, 1.165) is 45.1 Å². The fourth-order valence-electron chi connectivity index (χ4n) is 1.69. The molecule has 0 spiro atoms. The largest absolute Gasteiger partial charge is 0.380 e. The van der Waals surface area contributed by atoms with E-state index in [2.05, 4.69) is 50.4 Å². The summed E-state index contributed by atoms with van der Waals surface area (Å²) < 4.78 is 5.56. The van der Waals surface area contributed by atoms with E-state index in [-0.39, 0.29) is 0 Å². The van der Waals surface area contributed by atoms with E-state index < -0.39 is 0 Å². The van der Waals surface area contributed by atoms with Gasteiger partial charge < -0.3 is 10.1 Å². The fourth-order valence-corrected chi connectivity index (χ4v) is 1.69. The Morgan fingerprint density at radius 2 is 1.72 bits per heavy atom. The molecule has 0 aliphatic carbocycles. The lowest BCUT2D eigenvalue weighted by molar-refractivity contribution is 0.125. The van der Waals surface area contributed by atoms with Crippen molar-refractivity contribution in [3.8, 4) is 0 Å². The normalized spacial score (nSPS) is 11.1. The topological polar surface area (TPSA) is 21.3 Å². The van der Waals surface area contributed by atoms with Gasteiger partial charge in [0, 0.05) is 19.7 Å². The molecule has 0 amide bonds. The highest BCUT2D eigenvalue weighted by molar-refractivity contribution is 5.22. The van der Waals surface area contributed by atoms with Gasteiger partial charge >= 0.3 is 0 Å². The van der Waals surface area contributed by atoms with E-state index in [4.69, 9.17) is 4.74 Å². The number of rotatable bonds is 9. The molecule has 2 heteroatoms. The van der Waals surface area contributed by atoms with Crippen LogP contribution in [0.15, 0.2) is 24.3 Å². The van der Waals surface area contributed by atoms with Crippen molar-refractivity contribution in [2.24, 2.45) is 5.92 Å². The van der Waals surface area contributed by atoms with Crippen molar-refractivity contribution in [2.75, 3.05) is 19.8 Å². The highest BCUT2D eigenvalue weighted by Gasteiger charge is 1.95. The number of hydrogen-bond acceptors (Lipinski definition) is 2. The quantitative estimate of drug-likeness (QED) is 0.677. The van der Waals surface area contributed by atoms with Crippen molar-refractivity contribution in [3.63, 3.8) is 0 Å². The molecule has 0 aliphatic rings. The molecule has 0 radical (unpaired) electrons. The van der Waals surface area contributed by atoms with Gasteiger partial charge in [0.2, 0.25) is 0 Å². The molecule has 0 saturated carbocycles. The van der Waals surface area contributed by atoms with E-state index in [1.807, 2.05) is 0 Å². The average Bonchev–Trinajstić information content (AvgIpc) is 2.38. The molecule has 0 saturated heterocycles. The first-order valence-corrected chi connectivity index (χ1v) is 7.08. The Kier molecular flexibility index (Phi) is 7.70. The van der Waals surface area contributed by atoms with E-state index in [1.165, 1.54) is 11.1 Å². The standard InChI is InChI=1S/C16H27NO/c1-4-15-5-7-16(8-6-15)13-17-10-12-18-11-9-14(2)3/h5-8,14,17H,4,9-13H2,1-3H3. The first kappa shape index (κ1) is 15.2. The Morgan fingerprint density at radius 3 is 2.33 bits per heavy atom. The third-order valence-electron chi connectivity index (χ3n) is 3.02. The van der Waals surface area contributed by atoms with Gasteiger partial charge in [0.15, 0.2) is 0 Å². The Morgan fingerprint density at radius 1 is 1.06 bits per heavy atom. The third-order valence-corrected chi connectivity index (χ3v) is 3.02. The summed E-state index contributed by atoms with van der Waals surface area (Å²) in [4.78, 5) is 0. The van der Waals surface area contributed by atoms with E-state index in [1.54, 1.807) is 0 Å². The monoisotopic (exact) mass is 249 g/mol. The third kappa shape index (κ3) is 6.77. The molecular weight excluding hydrogens is 222 g/mol. The van der Waals surface area contributed by atoms with Crippen molar-refractivity contribution < 1.29 is 4.74 Å². The van der Waals surface area contributed by atoms with Crippen molar-refractivity contribution >= 4 is 0 Å². The molecule has 1 rings (SSSR count). The smallest absolute Gasteiger partial charge is 0.0591 e. The van der Waals surface area contributed by atoms with Crippen LogP contribution in [0.3, 0.4) is 0 Å². The van der Waals surface area contributed by atoms with Crippen molar-refractivity contribution in [3.05, 3.63) is 35.4 Å². The maximum Gasteiger partial charge on any atom is 0.0591 e. The number of hydrogen-bond donors (Lipinski definition) is 1. The van der Waals surface area contributed by atoms with Gasteiger partial charge in [0.1, 0.15) is 0 Å². The summed E-state index contributed by atoms with van der Waals surface area (Å²) in [7, 11) is 0. The van der Waals surface area contributed by atoms with Crippen LogP contribution in [-0.2, 0) is 17.7 Å². The maximum absolute atomic E-state index is 5.56. The second-order valence-electron chi connectivity index (χ2n) is 5.14. The van der Waals surface area contributed by atoms with Crippen LogP contribution in [0.25, 0.3) is 0 Å². The minimum atomic E-state index is 0.732. The summed E-state index contributed by atoms with van der Waals surface area (Å²) in [5, 5.41) is 3.40. The molecule has 0 heterocycles. The molecule has 0 bridgehead atoms. The second kappa shape index (κ2) is 9.12. The van der Waals surface area contributed by atoms with Crippen molar-refractivity contribution in [1.82, 2.24) is 5.32 Å². The molecule has 102 valence electrons. The lowest BCUT2D eigenvalue weighted by Crippen LogP contribution is -2.19. The molecule has 0 aliphatic heterocycles. The van der Waals surface area contributed by atoms with E-state index in [9.17, 15) is 0 Å². The van der Waals surface area contributed by atoms with Gasteiger partial charge in [-0.2, -0.15) is 0 Å². The van der Waals surface area contributed by atoms with Gasteiger partial charge in [-0.05, 0) is 29.9 Å². The number of nitrogens with one attached hydrogen (secondary N) is 1. The first-order valence-electron chi connectivity index (χ1n) is 7.08. The zero-order valence-electron chi connectivity index (χ0n) is 12.0. The molecule has 0 atom stereocenters. The van der Waals surface area contributed by atoms with Gasteiger partial charge in [-0.1, -0.05) is 45.0 Å². The summed E-state index contributed by atoms with van der Waals surface area (Å²) in [5.41, 5.74) is 2.74. The van der Waals surface area contributed by atoms with Crippen molar-refractivity contribution in [2.45, 2.75) is 40.2 Å². The van der Waals surface area contributed by atoms with Crippen LogP contribution in [0.1, 0.15) is 38.3 Å².